The van der Waals surface area contributed by atoms with Gasteiger partial charge in [0.05, 0.1) is 5.69 Å². The molecule has 1 heterocycles. The van der Waals surface area contributed by atoms with Crippen LogP contribution in [0.15, 0.2) is 24.3 Å². The van der Waals surface area contributed by atoms with E-state index in [1.165, 1.54) is 23.9 Å². The number of aryl methyl sites for hydroxylation is 1. The third-order valence-electron chi connectivity index (χ3n) is 2.31. The van der Waals surface area contributed by atoms with Crippen LogP contribution in [0.1, 0.15) is 10.5 Å². The van der Waals surface area contributed by atoms with Crippen LogP contribution >= 0.6 is 0 Å². The summed E-state index contributed by atoms with van der Waals surface area (Å²) in [4.78, 5) is 10.8. The van der Waals surface area contributed by atoms with Crippen molar-refractivity contribution in [2.75, 3.05) is 0 Å². The van der Waals surface area contributed by atoms with E-state index in [2.05, 4.69) is 5.10 Å². The third kappa shape index (κ3) is 2.01. The average Bonchev–Trinajstić information content (AvgIpc) is 2.64. The molecular weight excluding hydrogens is 230 g/mol. The number of hydrogen-bond acceptors (Lipinski definition) is 2. The normalized spacial score (nSPS) is 10.5. The molecule has 0 amide bonds. The van der Waals surface area contributed by atoms with Crippen LogP contribution in [0.3, 0.4) is 0 Å². The number of benzene rings is 1. The molecule has 0 aliphatic rings. The molecule has 0 atom stereocenters. The SMILES string of the molecule is Cn1nc(-c2ccc(F)c(F)c2)cc1C(=O)O. The van der Waals surface area contributed by atoms with E-state index in [1.54, 1.807) is 0 Å². The van der Waals surface area contributed by atoms with Crippen LogP contribution in [-0.2, 0) is 7.05 Å². The van der Waals surface area contributed by atoms with E-state index in [4.69, 9.17) is 5.11 Å². The second-order valence-corrected chi connectivity index (χ2v) is 3.47. The van der Waals surface area contributed by atoms with Crippen molar-refractivity contribution < 1.29 is 18.7 Å². The van der Waals surface area contributed by atoms with Gasteiger partial charge in [-0.15, -0.1) is 0 Å². The van der Waals surface area contributed by atoms with Crippen LogP contribution < -0.4 is 0 Å². The molecule has 17 heavy (non-hydrogen) atoms. The monoisotopic (exact) mass is 238 g/mol. The Morgan fingerprint density at radius 2 is 2.00 bits per heavy atom. The fourth-order valence-corrected chi connectivity index (χ4v) is 1.46. The molecule has 0 radical (unpaired) electrons. The molecule has 2 aromatic rings. The molecule has 88 valence electrons. The first kappa shape index (κ1) is 11.3. The van der Waals surface area contributed by atoms with Crippen molar-refractivity contribution in [1.82, 2.24) is 9.78 Å². The van der Waals surface area contributed by atoms with Crippen molar-refractivity contribution in [3.63, 3.8) is 0 Å². The van der Waals surface area contributed by atoms with E-state index in [9.17, 15) is 13.6 Å². The van der Waals surface area contributed by atoms with Crippen LogP contribution in [0, 0.1) is 11.6 Å². The van der Waals surface area contributed by atoms with Gasteiger partial charge in [-0.25, -0.2) is 13.6 Å². The number of carboxylic acids is 1. The van der Waals surface area contributed by atoms with Gasteiger partial charge in [0.15, 0.2) is 11.6 Å². The summed E-state index contributed by atoms with van der Waals surface area (Å²) in [6.45, 7) is 0. The summed E-state index contributed by atoms with van der Waals surface area (Å²) in [6.07, 6.45) is 0. The van der Waals surface area contributed by atoms with Crippen molar-refractivity contribution in [2.24, 2.45) is 7.05 Å². The number of carbonyl (C=O) groups is 1. The van der Waals surface area contributed by atoms with Gasteiger partial charge in [0.25, 0.3) is 0 Å². The molecule has 0 saturated carbocycles. The minimum Gasteiger partial charge on any atom is -0.477 e. The molecular formula is C11H8F2N2O2. The Morgan fingerprint density at radius 1 is 1.29 bits per heavy atom. The Balaban J connectivity index is 2.50. The van der Waals surface area contributed by atoms with Gasteiger partial charge in [-0.05, 0) is 24.3 Å². The third-order valence-corrected chi connectivity index (χ3v) is 2.31. The molecule has 1 aromatic carbocycles. The lowest BCUT2D eigenvalue weighted by Crippen LogP contribution is -2.04. The van der Waals surface area contributed by atoms with E-state index < -0.39 is 17.6 Å². The van der Waals surface area contributed by atoms with E-state index in [0.29, 0.717) is 5.56 Å². The highest BCUT2D eigenvalue weighted by molar-refractivity contribution is 5.87. The van der Waals surface area contributed by atoms with Crippen molar-refractivity contribution in [3.8, 4) is 11.3 Å². The predicted octanol–water partition coefficient (Wildman–Crippen LogP) is 2.06. The molecule has 2 rings (SSSR count). The first-order valence-corrected chi connectivity index (χ1v) is 4.72. The van der Waals surface area contributed by atoms with Gasteiger partial charge < -0.3 is 5.11 Å². The summed E-state index contributed by atoms with van der Waals surface area (Å²) < 4.78 is 26.9. The Kier molecular flexibility index (Phi) is 2.63. The highest BCUT2D eigenvalue weighted by Crippen LogP contribution is 2.21. The zero-order chi connectivity index (χ0) is 12.6. The van der Waals surface area contributed by atoms with Gasteiger partial charge in [0.1, 0.15) is 5.69 Å². The lowest BCUT2D eigenvalue weighted by Gasteiger charge is -1.97. The molecule has 1 aromatic heterocycles. The van der Waals surface area contributed by atoms with Crippen LogP contribution in [0.5, 0.6) is 0 Å². The van der Waals surface area contributed by atoms with Crippen LogP contribution in [0.25, 0.3) is 11.3 Å². The van der Waals surface area contributed by atoms with Gasteiger partial charge in [-0.2, -0.15) is 5.10 Å². The smallest absolute Gasteiger partial charge is 0.354 e. The second kappa shape index (κ2) is 3.97. The summed E-state index contributed by atoms with van der Waals surface area (Å²) >= 11 is 0. The lowest BCUT2D eigenvalue weighted by atomic mass is 10.1. The molecule has 6 heteroatoms. The maximum atomic E-state index is 13.0. The number of halogens is 2. The van der Waals surface area contributed by atoms with Gasteiger partial charge >= 0.3 is 5.97 Å². The van der Waals surface area contributed by atoms with Gasteiger partial charge in [0.2, 0.25) is 0 Å². The number of nitrogens with zero attached hydrogens (tertiary/aromatic N) is 2. The van der Waals surface area contributed by atoms with Crippen LogP contribution in [-0.4, -0.2) is 20.9 Å². The first-order chi connectivity index (χ1) is 7.99. The Morgan fingerprint density at radius 3 is 2.53 bits per heavy atom. The Bertz CT molecular complexity index is 593. The minimum atomic E-state index is -1.13. The predicted molar refractivity (Wildman–Crippen MR) is 55.5 cm³/mol. The van der Waals surface area contributed by atoms with Gasteiger partial charge in [-0.3, -0.25) is 4.68 Å². The molecule has 1 N–H and O–H groups in total. The fraction of sp³-hybridized carbons (Fsp3) is 0.0909. The van der Waals surface area contributed by atoms with E-state index >= 15 is 0 Å². The van der Waals surface area contributed by atoms with Crippen molar-refractivity contribution in [2.45, 2.75) is 0 Å². The van der Waals surface area contributed by atoms with Gasteiger partial charge in [-0.1, -0.05) is 0 Å². The lowest BCUT2D eigenvalue weighted by molar-refractivity contribution is 0.0685. The van der Waals surface area contributed by atoms with E-state index in [0.717, 1.165) is 12.1 Å². The largest absolute Gasteiger partial charge is 0.477 e. The Hall–Kier alpha value is -2.24. The highest BCUT2D eigenvalue weighted by atomic mass is 19.2. The first-order valence-electron chi connectivity index (χ1n) is 4.72. The summed E-state index contributed by atoms with van der Waals surface area (Å²) in [5, 5.41) is 12.7. The molecule has 0 unspecified atom stereocenters. The molecule has 0 aliphatic heterocycles. The molecule has 0 saturated heterocycles. The highest BCUT2D eigenvalue weighted by Gasteiger charge is 2.13. The van der Waals surface area contributed by atoms with E-state index in [1.807, 2.05) is 0 Å². The number of aromatic carboxylic acids is 1. The maximum Gasteiger partial charge on any atom is 0.354 e. The van der Waals surface area contributed by atoms with Gasteiger partial charge in [0, 0.05) is 12.6 Å². The summed E-state index contributed by atoms with van der Waals surface area (Å²) in [5.41, 5.74) is 0.584. The van der Waals surface area contributed by atoms with Crippen molar-refractivity contribution >= 4 is 5.97 Å². The number of carboxylic acid groups (broad SMARTS) is 1. The van der Waals surface area contributed by atoms with Crippen molar-refractivity contribution in [3.05, 3.63) is 41.6 Å². The van der Waals surface area contributed by atoms with Crippen molar-refractivity contribution in [1.29, 1.82) is 0 Å². The quantitative estimate of drug-likeness (QED) is 0.871. The molecule has 0 spiro atoms. The molecule has 0 fully saturated rings. The Labute approximate surface area is 95.1 Å². The fourth-order valence-electron chi connectivity index (χ4n) is 1.46. The molecule has 0 bridgehead atoms. The number of hydrogen-bond donors (Lipinski definition) is 1. The standard InChI is InChI=1S/C11H8F2N2O2/c1-15-10(11(16)17)5-9(14-15)6-2-3-7(12)8(13)4-6/h2-5H,1H3,(H,16,17). The van der Waals surface area contributed by atoms with E-state index in [-0.39, 0.29) is 11.4 Å². The molecule has 4 nitrogen and oxygen atoms in total. The minimum absolute atomic E-state index is 0.0234. The molecule has 0 aliphatic carbocycles. The average molecular weight is 238 g/mol. The summed E-state index contributed by atoms with van der Waals surface area (Å²) in [5.74, 6) is -3.08. The summed E-state index contributed by atoms with van der Waals surface area (Å²) in [6, 6.07) is 4.59. The van der Waals surface area contributed by atoms with Crippen LogP contribution in [0.4, 0.5) is 8.78 Å². The topological polar surface area (TPSA) is 55.1 Å². The number of aromatic nitrogens is 2. The second-order valence-electron chi connectivity index (χ2n) is 3.47. The maximum absolute atomic E-state index is 13.0. The zero-order valence-electron chi connectivity index (χ0n) is 8.82. The number of rotatable bonds is 2. The zero-order valence-corrected chi connectivity index (χ0v) is 8.82. The van der Waals surface area contributed by atoms with Crippen LogP contribution in [0.2, 0.25) is 0 Å². The summed E-state index contributed by atoms with van der Waals surface area (Å²) in [7, 11) is 1.47.